The minimum absolute atomic E-state index is 0.0435. The molecule has 7 nitrogen and oxygen atoms in total. The first-order valence-corrected chi connectivity index (χ1v) is 9.89. The molecule has 0 aliphatic carbocycles. The van der Waals surface area contributed by atoms with Gasteiger partial charge < -0.3 is 19.2 Å². The van der Waals surface area contributed by atoms with Gasteiger partial charge in [-0.15, -0.1) is 10.2 Å². The number of hydrogen-bond acceptors (Lipinski definition) is 7. The van der Waals surface area contributed by atoms with Crippen molar-refractivity contribution >= 4 is 17.7 Å². The Morgan fingerprint density at radius 3 is 2.63 bits per heavy atom. The summed E-state index contributed by atoms with van der Waals surface area (Å²) in [6.45, 7) is 6.37. The lowest BCUT2D eigenvalue weighted by Crippen LogP contribution is -2.34. The lowest BCUT2D eigenvalue weighted by molar-refractivity contribution is -0.119. The molecule has 1 amide bonds. The van der Waals surface area contributed by atoms with Gasteiger partial charge >= 0.3 is 0 Å². The number of hydrogen-bond donors (Lipinski definition) is 1. The van der Waals surface area contributed by atoms with Crippen LogP contribution in [0.1, 0.15) is 33.6 Å². The van der Waals surface area contributed by atoms with E-state index in [2.05, 4.69) is 29.4 Å². The number of carbonyl (C=O) groups excluding carboxylic acids is 1. The molecule has 0 bridgehead atoms. The maximum absolute atomic E-state index is 12.1. The van der Waals surface area contributed by atoms with Gasteiger partial charge in [0.05, 0.1) is 25.5 Å². The van der Waals surface area contributed by atoms with E-state index in [-0.39, 0.29) is 17.7 Å². The molecular formula is C19H27N3O4S. The first-order valence-electron chi connectivity index (χ1n) is 8.91. The summed E-state index contributed by atoms with van der Waals surface area (Å²) in [6, 6.07) is 5.49. The zero-order chi connectivity index (χ0) is 19.8. The van der Waals surface area contributed by atoms with Crippen LogP contribution in [0.2, 0.25) is 0 Å². The Bertz CT molecular complexity index is 748. The molecule has 0 aliphatic heterocycles. The molecule has 1 N–H and O–H groups in total. The molecule has 0 saturated carbocycles. The zero-order valence-electron chi connectivity index (χ0n) is 16.4. The van der Waals surface area contributed by atoms with Crippen LogP contribution in [0.3, 0.4) is 0 Å². The third-order valence-corrected chi connectivity index (χ3v) is 4.78. The van der Waals surface area contributed by atoms with E-state index in [1.165, 1.54) is 11.8 Å². The van der Waals surface area contributed by atoms with Gasteiger partial charge in [-0.1, -0.05) is 25.6 Å². The number of rotatable bonds is 10. The second-order valence-corrected chi connectivity index (χ2v) is 7.59. The summed E-state index contributed by atoms with van der Waals surface area (Å²) in [7, 11) is 3.15. The van der Waals surface area contributed by atoms with Crippen LogP contribution in [-0.2, 0) is 4.79 Å². The molecule has 0 saturated heterocycles. The van der Waals surface area contributed by atoms with E-state index < -0.39 is 0 Å². The zero-order valence-corrected chi connectivity index (χ0v) is 17.3. The van der Waals surface area contributed by atoms with E-state index in [4.69, 9.17) is 13.9 Å². The van der Waals surface area contributed by atoms with E-state index in [1.807, 2.05) is 6.92 Å². The molecular weight excluding hydrogens is 366 g/mol. The average molecular weight is 394 g/mol. The van der Waals surface area contributed by atoms with E-state index in [1.54, 1.807) is 32.4 Å². The first-order chi connectivity index (χ1) is 12.9. The van der Waals surface area contributed by atoms with Crippen molar-refractivity contribution in [1.82, 2.24) is 15.5 Å². The quantitative estimate of drug-likeness (QED) is 0.615. The van der Waals surface area contributed by atoms with Crippen molar-refractivity contribution < 1.29 is 18.7 Å². The van der Waals surface area contributed by atoms with Crippen LogP contribution in [0.15, 0.2) is 27.8 Å². The Kier molecular flexibility index (Phi) is 7.97. The van der Waals surface area contributed by atoms with Crippen LogP contribution in [0, 0.1) is 5.92 Å². The minimum Gasteiger partial charge on any atom is -0.497 e. The van der Waals surface area contributed by atoms with Gasteiger partial charge in [-0.05, 0) is 37.8 Å². The van der Waals surface area contributed by atoms with Crippen molar-refractivity contribution in [2.45, 2.75) is 44.9 Å². The molecule has 0 aliphatic rings. The van der Waals surface area contributed by atoms with Gasteiger partial charge in [-0.2, -0.15) is 0 Å². The van der Waals surface area contributed by atoms with Crippen LogP contribution >= 0.6 is 11.8 Å². The number of amides is 1. The Labute approximate surface area is 164 Å². The van der Waals surface area contributed by atoms with Crippen LogP contribution in [0.25, 0.3) is 11.5 Å². The third-order valence-electron chi connectivity index (χ3n) is 3.96. The van der Waals surface area contributed by atoms with Crippen LogP contribution in [0.4, 0.5) is 0 Å². The van der Waals surface area contributed by atoms with E-state index in [0.717, 1.165) is 12.8 Å². The largest absolute Gasteiger partial charge is 0.497 e. The van der Waals surface area contributed by atoms with Crippen LogP contribution < -0.4 is 14.8 Å². The van der Waals surface area contributed by atoms with Crippen molar-refractivity contribution in [3.05, 3.63) is 18.2 Å². The van der Waals surface area contributed by atoms with Gasteiger partial charge in [0, 0.05) is 12.1 Å². The van der Waals surface area contributed by atoms with Gasteiger partial charge in [-0.25, -0.2) is 0 Å². The summed E-state index contributed by atoms with van der Waals surface area (Å²) in [4.78, 5) is 12.1. The van der Waals surface area contributed by atoms with Crippen molar-refractivity contribution in [2.24, 2.45) is 5.92 Å². The highest BCUT2D eigenvalue weighted by Gasteiger charge is 2.16. The number of nitrogens with one attached hydrogen (secondary N) is 1. The molecule has 2 rings (SSSR count). The molecule has 1 aromatic carbocycles. The lowest BCUT2D eigenvalue weighted by Gasteiger charge is -2.14. The van der Waals surface area contributed by atoms with Gasteiger partial charge in [-0.3, -0.25) is 4.79 Å². The second-order valence-electron chi connectivity index (χ2n) is 6.67. The molecule has 0 fully saturated rings. The fourth-order valence-electron chi connectivity index (χ4n) is 2.45. The number of benzene rings is 1. The molecule has 148 valence electrons. The summed E-state index contributed by atoms with van der Waals surface area (Å²) >= 11 is 1.21. The van der Waals surface area contributed by atoms with E-state index in [0.29, 0.717) is 34.1 Å². The fraction of sp³-hybridized carbons (Fsp3) is 0.526. The molecule has 2 aromatic rings. The number of thioether (sulfide) groups is 1. The van der Waals surface area contributed by atoms with Gasteiger partial charge in [0.2, 0.25) is 5.91 Å². The second kappa shape index (κ2) is 10.2. The third kappa shape index (κ3) is 6.46. The smallest absolute Gasteiger partial charge is 0.277 e. The summed E-state index contributed by atoms with van der Waals surface area (Å²) in [5.74, 6) is 2.40. The van der Waals surface area contributed by atoms with E-state index >= 15 is 0 Å². The standard InChI is InChI=1S/C19H27N3O4S/c1-12(2)6-7-13(3)20-17(23)11-27-19-22-21-18(26-19)15-9-8-14(24-4)10-16(15)25-5/h8-10,12-13H,6-7,11H2,1-5H3,(H,20,23)/t13-/m1/s1. The highest BCUT2D eigenvalue weighted by atomic mass is 32.2. The van der Waals surface area contributed by atoms with Gasteiger partial charge in [0.1, 0.15) is 11.5 Å². The fourth-order valence-corrected chi connectivity index (χ4v) is 3.03. The Balaban J connectivity index is 1.92. The minimum atomic E-state index is -0.0435. The molecule has 0 radical (unpaired) electrons. The molecule has 1 heterocycles. The molecule has 1 atom stereocenters. The maximum atomic E-state index is 12.1. The van der Waals surface area contributed by atoms with Crippen LogP contribution in [0.5, 0.6) is 11.5 Å². The summed E-state index contributed by atoms with van der Waals surface area (Å²) in [6.07, 6.45) is 2.06. The topological polar surface area (TPSA) is 86.5 Å². The Hall–Kier alpha value is -2.22. The first kappa shape index (κ1) is 21.1. The highest BCUT2D eigenvalue weighted by Crippen LogP contribution is 2.33. The predicted octanol–water partition coefficient (Wildman–Crippen LogP) is 3.79. The predicted molar refractivity (Wildman–Crippen MR) is 105 cm³/mol. The van der Waals surface area contributed by atoms with Crippen LogP contribution in [-0.4, -0.2) is 42.1 Å². The highest BCUT2D eigenvalue weighted by molar-refractivity contribution is 7.99. The number of aromatic nitrogens is 2. The number of methoxy groups -OCH3 is 2. The molecule has 0 spiro atoms. The number of ether oxygens (including phenoxy) is 2. The Morgan fingerprint density at radius 1 is 1.19 bits per heavy atom. The molecule has 1 aromatic heterocycles. The van der Waals surface area contributed by atoms with Crippen molar-refractivity contribution in [2.75, 3.05) is 20.0 Å². The summed E-state index contributed by atoms with van der Waals surface area (Å²) in [5, 5.41) is 11.4. The maximum Gasteiger partial charge on any atom is 0.277 e. The molecule has 0 unspecified atom stereocenters. The van der Waals surface area contributed by atoms with Crippen molar-refractivity contribution in [3.63, 3.8) is 0 Å². The monoisotopic (exact) mass is 393 g/mol. The van der Waals surface area contributed by atoms with Crippen molar-refractivity contribution in [3.8, 4) is 23.0 Å². The molecule has 27 heavy (non-hydrogen) atoms. The average Bonchev–Trinajstić information content (AvgIpc) is 3.13. The molecule has 8 heteroatoms. The number of nitrogens with zero attached hydrogens (tertiary/aromatic N) is 2. The normalized spacial score (nSPS) is 12.1. The Morgan fingerprint density at radius 2 is 1.96 bits per heavy atom. The van der Waals surface area contributed by atoms with Crippen molar-refractivity contribution in [1.29, 1.82) is 0 Å². The van der Waals surface area contributed by atoms with Gasteiger partial charge in [0.25, 0.3) is 11.1 Å². The van der Waals surface area contributed by atoms with E-state index in [9.17, 15) is 4.79 Å². The SMILES string of the molecule is COc1ccc(-c2nnc(SCC(=O)N[C@H](C)CCC(C)C)o2)c(OC)c1. The lowest BCUT2D eigenvalue weighted by atomic mass is 10.0. The van der Waals surface area contributed by atoms with Gasteiger partial charge in [0.15, 0.2) is 0 Å². The number of carbonyl (C=O) groups is 1. The summed E-state index contributed by atoms with van der Waals surface area (Å²) in [5.41, 5.74) is 0.671. The summed E-state index contributed by atoms with van der Waals surface area (Å²) < 4.78 is 16.2.